The molecule has 1 N–H and O–H groups in total. The van der Waals surface area contributed by atoms with Gasteiger partial charge in [-0.3, -0.25) is 4.55 Å². The van der Waals surface area contributed by atoms with Crippen molar-refractivity contribution < 1.29 is 17.2 Å². The Morgan fingerprint density at radius 3 is 2.54 bits per heavy atom. The molecule has 76 valence electrons. The standard InChI is InChI=1S/C8H14O4S/c1-2-3-4-5-6-7-8-12-13(9,10)11/h2-6H2,1H3,(H,9,10,11). The van der Waals surface area contributed by atoms with Gasteiger partial charge in [-0.15, -0.1) is 0 Å². The van der Waals surface area contributed by atoms with Crippen LogP contribution in [0.2, 0.25) is 0 Å². The monoisotopic (exact) mass is 206 g/mol. The van der Waals surface area contributed by atoms with Crippen molar-refractivity contribution in [2.75, 3.05) is 0 Å². The molecular weight excluding hydrogens is 192 g/mol. The van der Waals surface area contributed by atoms with Gasteiger partial charge in [0.25, 0.3) is 0 Å². The Kier molecular flexibility index (Phi) is 6.37. The van der Waals surface area contributed by atoms with Crippen LogP contribution in [0.3, 0.4) is 0 Å². The maximum atomic E-state index is 10.00. The second-order valence-electron chi connectivity index (χ2n) is 2.60. The quantitative estimate of drug-likeness (QED) is 0.423. The average Bonchev–Trinajstić information content (AvgIpc) is 2.01. The van der Waals surface area contributed by atoms with Gasteiger partial charge < -0.3 is 4.18 Å². The molecular formula is C8H14O4S. The Balaban J connectivity index is 3.41. The van der Waals surface area contributed by atoms with Crippen molar-refractivity contribution in [1.29, 1.82) is 0 Å². The molecule has 5 heteroatoms. The maximum absolute atomic E-state index is 10.00. The molecule has 13 heavy (non-hydrogen) atoms. The molecule has 0 spiro atoms. The van der Waals surface area contributed by atoms with E-state index in [9.17, 15) is 8.42 Å². The molecule has 0 amide bonds. The van der Waals surface area contributed by atoms with Crippen LogP contribution in [0.4, 0.5) is 0 Å². The number of hydrogen-bond acceptors (Lipinski definition) is 3. The molecule has 4 nitrogen and oxygen atoms in total. The Bertz CT molecular complexity index is 270. The van der Waals surface area contributed by atoms with Crippen molar-refractivity contribution in [2.45, 2.75) is 39.0 Å². The first-order valence-electron chi connectivity index (χ1n) is 4.20. The lowest BCUT2D eigenvalue weighted by molar-refractivity contribution is 0.370. The van der Waals surface area contributed by atoms with Crippen molar-refractivity contribution >= 4 is 10.4 Å². The van der Waals surface area contributed by atoms with E-state index in [4.69, 9.17) is 4.55 Å². The molecule has 0 aromatic heterocycles. The summed E-state index contributed by atoms with van der Waals surface area (Å²) in [4.78, 5) is 0. The van der Waals surface area contributed by atoms with Crippen LogP contribution in [0.5, 0.6) is 0 Å². The first-order valence-corrected chi connectivity index (χ1v) is 5.56. The molecule has 0 rings (SSSR count). The van der Waals surface area contributed by atoms with E-state index in [-0.39, 0.29) is 0 Å². The van der Waals surface area contributed by atoms with Crippen LogP contribution in [-0.4, -0.2) is 13.0 Å². The van der Waals surface area contributed by atoms with Gasteiger partial charge in [-0.2, -0.15) is 8.42 Å². The van der Waals surface area contributed by atoms with Crippen molar-refractivity contribution in [3.05, 3.63) is 0 Å². The van der Waals surface area contributed by atoms with Crippen LogP contribution in [0.25, 0.3) is 0 Å². The van der Waals surface area contributed by atoms with Gasteiger partial charge in [0, 0.05) is 6.42 Å². The van der Waals surface area contributed by atoms with E-state index < -0.39 is 10.4 Å². The molecule has 0 fully saturated rings. The van der Waals surface area contributed by atoms with E-state index in [0.29, 0.717) is 6.42 Å². The summed E-state index contributed by atoms with van der Waals surface area (Å²) in [6.07, 6.45) is 6.82. The zero-order chi connectivity index (χ0) is 10.2. The third-order valence-corrected chi connectivity index (χ3v) is 1.67. The van der Waals surface area contributed by atoms with Crippen LogP contribution in [0, 0.1) is 12.0 Å². The van der Waals surface area contributed by atoms with E-state index in [1.165, 1.54) is 0 Å². The van der Waals surface area contributed by atoms with Crippen molar-refractivity contribution in [2.24, 2.45) is 0 Å². The van der Waals surface area contributed by atoms with Crippen LogP contribution in [0.15, 0.2) is 0 Å². The fourth-order valence-electron chi connectivity index (χ4n) is 0.773. The molecule has 0 saturated heterocycles. The first kappa shape index (κ1) is 12.3. The molecule has 0 aliphatic rings. The van der Waals surface area contributed by atoms with Crippen molar-refractivity contribution in [1.82, 2.24) is 0 Å². The summed E-state index contributed by atoms with van der Waals surface area (Å²) in [7, 11) is -4.40. The summed E-state index contributed by atoms with van der Waals surface area (Å²) in [5, 5.41) is 0. The Hall–Kier alpha value is -0.730. The van der Waals surface area contributed by atoms with Gasteiger partial charge in [-0.25, -0.2) is 0 Å². The van der Waals surface area contributed by atoms with Crippen LogP contribution in [-0.2, 0) is 14.6 Å². The zero-order valence-corrected chi connectivity index (χ0v) is 8.43. The van der Waals surface area contributed by atoms with Crippen molar-refractivity contribution in [3.8, 4) is 12.0 Å². The molecule has 0 heterocycles. The molecule has 0 bridgehead atoms. The van der Waals surface area contributed by atoms with Gasteiger partial charge in [-0.05, 0) is 6.42 Å². The predicted octanol–water partition coefficient (Wildman–Crippen LogP) is 1.74. The predicted molar refractivity (Wildman–Crippen MR) is 49.2 cm³/mol. The highest BCUT2D eigenvalue weighted by atomic mass is 32.3. The largest absolute Gasteiger partial charge is 0.454 e. The second-order valence-corrected chi connectivity index (χ2v) is 3.62. The van der Waals surface area contributed by atoms with E-state index in [1.807, 2.05) is 6.11 Å². The summed E-state index contributed by atoms with van der Waals surface area (Å²) in [5.41, 5.74) is 0. The van der Waals surface area contributed by atoms with Gasteiger partial charge >= 0.3 is 10.4 Å². The summed E-state index contributed by atoms with van der Waals surface area (Å²) < 4.78 is 31.9. The molecule has 0 unspecified atom stereocenters. The third kappa shape index (κ3) is 11.3. The zero-order valence-electron chi connectivity index (χ0n) is 7.62. The fraction of sp³-hybridized carbons (Fsp3) is 0.750. The topological polar surface area (TPSA) is 63.6 Å². The lowest BCUT2D eigenvalue weighted by atomic mass is 10.2. The maximum Gasteiger partial charge on any atom is 0.454 e. The van der Waals surface area contributed by atoms with Gasteiger partial charge in [-0.1, -0.05) is 32.1 Å². The Labute approximate surface area is 79.2 Å². The lowest BCUT2D eigenvalue weighted by Crippen LogP contribution is -1.97. The molecule has 0 aliphatic heterocycles. The molecule has 0 aromatic carbocycles. The first-order chi connectivity index (χ1) is 6.06. The molecule has 0 radical (unpaired) electrons. The minimum Gasteiger partial charge on any atom is -0.307 e. The summed E-state index contributed by atoms with van der Waals surface area (Å²) in [5.74, 6) is 2.49. The normalized spacial score (nSPS) is 10.3. The Morgan fingerprint density at radius 2 is 2.00 bits per heavy atom. The number of unbranched alkanes of at least 4 members (excludes halogenated alkanes) is 4. The molecule has 0 aliphatic carbocycles. The minimum absolute atomic E-state index is 0.593. The molecule has 0 atom stereocenters. The molecule has 0 aromatic rings. The second kappa shape index (κ2) is 6.75. The Morgan fingerprint density at radius 1 is 1.31 bits per heavy atom. The van der Waals surface area contributed by atoms with Crippen LogP contribution < -0.4 is 0 Å². The van der Waals surface area contributed by atoms with Gasteiger partial charge in [0.05, 0.1) is 0 Å². The summed E-state index contributed by atoms with van der Waals surface area (Å²) in [6.45, 7) is 2.10. The SMILES string of the molecule is CCCCCCC#COS(=O)(=O)O. The summed E-state index contributed by atoms with van der Waals surface area (Å²) in [6, 6.07) is 0. The average molecular weight is 206 g/mol. The highest BCUT2D eigenvalue weighted by Crippen LogP contribution is 2.00. The number of rotatable bonds is 5. The van der Waals surface area contributed by atoms with Crippen LogP contribution >= 0.6 is 0 Å². The van der Waals surface area contributed by atoms with Gasteiger partial charge in [0.15, 0.2) is 0 Å². The van der Waals surface area contributed by atoms with E-state index in [1.54, 1.807) is 0 Å². The third-order valence-electron chi connectivity index (χ3n) is 1.37. The highest BCUT2D eigenvalue weighted by Gasteiger charge is 1.98. The number of hydrogen-bond donors (Lipinski definition) is 1. The lowest BCUT2D eigenvalue weighted by Gasteiger charge is -1.91. The summed E-state index contributed by atoms with van der Waals surface area (Å²) >= 11 is 0. The van der Waals surface area contributed by atoms with Crippen molar-refractivity contribution in [3.63, 3.8) is 0 Å². The fourth-order valence-corrected chi connectivity index (χ4v) is 0.938. The van der Waals surface area contributed by atoms with Gasteiger partial charge in [0.1, 0.15) is 6.11 Å². The van der Waals surface area contributed by atoms with E-state index in [2.05, 4.69) is 17.0 Å². The van der Waals surface area contributed by atoms with Crippen LogP contribution in [0.1, 0.15) is 39.0 Å². The van der Waals surface area contributed by atoms with Gasteiger partial charge in [0.2, 0.25) is 0 Å². The smallest absolute Gasteiger partial charge is 0.307 e. The molecule has 0 saturated carbocycles. The van der Waals surface area contributed by atoms with E-state index in [0.717, 1.165) is 25.7 Å². The minimum atomic E-state index is -4.40. The van der Waals surface area contributed by atoms with E-state index >= 15 is 0 Å². The highest BCUT2D eigenvalue weighted by molar-refractivity contribution is 7.81.